The maximum absolute atomic E-state index is 8.57. The summed E-state index contributed by atoms with van der Waals surface area (Å²) in [5.74, 6) is 0. The van der Waals surface area contributed by atoms with Crippen LogP contribution in [0.15, 0.2) is 24.3 Å². The summed E-state index contributed by atoms with van der Waals surface area (Å²) in [6, 6.07) is 8.25. The first-order chi connectivity index (χ1) is 13.1. The highest BCUT2D eigenvalue weighted by Crippen LogP contribution is 2.13. The van der Waals surface area contributed by atoms with E-state index < -0.39 is 0 Å². The van der Waals surface area contributed by atoms with Gasteiger partial charge in [-0.05, 0) is 32.6 Å². The minimum atomic E-state index is 0.463. The number of imidazole rings is 1. The zero-order valence-electron chi connectivity index (χ0n) is 17.5. The van der Waals surface area contributed by atoms with Gasteiger partial charge in [-0.1, -0.05) is 64.0 Å². The van der Waals surface area contributed by atoms with E-state index in [1.165, 1.54) is 44.9 Å². The number of nitrogens with one attached hydrogen (secondary N) is 1. The topological polar surface area (TPSA) is 46.2 Å². The molecule has 0 fully saturated rings. The third-order valence-electron chi connectivity index (χ3n) is 5.11. The molecule has 152 valence electrons. The van der Waals surface area contributed by atoms with E-state index in [2.05, 4.69) is 42.6 Å². The van der Waals surface area contributed by atoms with Crippen LogP contribution in [0.1, 0.15) is 58.3 Å². The molecule has 0 saturated carbocycles. The predicted molar refractivity (Wildman–Crippen MR) is 113 cm³/mol. The van der Waals surface area contributed by atoms with Crippen molar-refractivity contribution in [2.75, 3.05) is 27.2 Å². The van der Waals surface area contributed by atoms with E-state index in [9.17, 15) is 0 Å². The normalized spacial score (nSPS) is 11.7. The lowest BCUT2D eigenvalue weighted by Gasteiger charge is -2.10. The Morgan fingerprint density at radius 3 is 2.11 bits per heavy atom. The average molecular weight is 375 g/mol. The lowest BCUT2D eigenvalue weighted by atomic mass is 10.1. The second-order valence-corrected chi connectivity index (χ2v) is 7.71. The molecule has 1 N–H and O–H groups in total. The summed E-state index contributed by atoms with van der Waals surface area (Å²) < 4.78 is 9.97. The Kier molecular flexibility index (Phi) is 9.64. The molecule has 0 spiro atoms. The summed E-state index contributed by atoms with van der Waals surface area (Å²) in [5.41, 5.74) is 2.71. The Labute approximate surface area is 164 Å². The second-order valence-electron chi connectivity index (χ2n) is 7.71. The Balaban J connectivity index is 1.81. The van der Waals surface area contributed by atoms with Crippen LogP contribution >= 0.6 is 0 Å². The third kappa shape index (κ3) is 6.82. The van der Waals surface area contributed by atoms with Gasteiger partial charge in [0.2, 0.25) is 5.62 Å². The van der Waals surface area contributed by atoms with Crippen LogP contribution in [0.25, 0.3) is 11.0 Å². The monoisotopic (exact) mass is 374 g/mol. The van der Waals surface area contributed by atoms with Crippen LogP contribution in [0.4, 0.5) is 0 Å². The van der Waals surface area contributed by atoms with Gasteiger partial charge in [-0.3, -0.25) is 9.98 Å². The van der Waals surface area contributed by atoms with Crippen LogP contribution in [-0.4, -0.2) is 41.3 Å². The maximum atomic E-state index is 8.57. The second kappa shape index (κ2) is 12.0. The minimum Gasteiger partial charge on any atom is -0.361 e. The first-order valence-electron chi connectivity index (χ1n) is 10.6. The van der Waals surface area contributed by atoms with Crippen molar-refractivity contribution in [3.8, 4) is 0 Å². The van der Waals surface area contributed by atoms with E-state index >= 15 is 0 Å². The molecule has 0 atom stereocenters. The molecule has 0 aliphatic heterocycles. The van der Waals surface area contributed by atoms with Gasteiger partial charge < -0.3 is 14.2 Å². The number of para-hydroxylation sites is 2. The number of hydrogen-bond acceptors (Lipinski definition) is 3. The summed E-state index contributed by atoms with van der Waals surface area (Å²) in [6.45, 7) is 5.24. The van der Waals surface area contributed by atoms with Crippen LogP contribution in [0.2, 0.25) is 0 Å². The third-order valence-corrected chi connectivity index (χ3v) is 5.11. The summed E-state index contributed by atoms with van der Waals surface area (Å²) in [7, 11) is 4.13. The highest BCUT2D eigenvalue weighted by atomic mass is 16.5. The number of nitrogens with zero attached hydrogens (tertiary/aromatic N) is 3. The van der Waals surface area contributed by atoms with Gasteiger partial charge in [0, 0.05) is 19.7 Å². The molecule has 0 unspecified atom stereocenters. The zero-order chi connectivity index (χ0) is 19.5. The van der Waals surface area contributed by atoms with Gasteiger partial charge in [-0.2, -0.15) is 0 Å². The summed E-state index contributed by atoms with van der Waals surface area (Å²) in [4.78, 5) is 2.15. The molecule has 2 rings (SSSR count). The van der Waals surface area contributed by atoms with Crippen molar-refractivity contribution in [3.05, 3.63) is 29.9 Å². The molecule has 5 nitrogen and oxygen atoms in total. The Morgan fingerprint density at radius 1 is 0.889 bits per heavy atom. The van der Waals surface area contributed by atoms with Crippen molar-refractivity contribution in [3.63, 3.8) is 0 Å². The van der Waals surface area contributed by atoms with Crippen molar-refractivity contribution in [2.45, 2.75) is 71.6 Å². The van der Waals surface area contributed by atoms with E-state index in [4.69, 9.17) is 10.1 Å². The van der Waals surface area contributed by atoms with Gasteiger partial charge in [-0.25, -0.2) is 0 Å². The van der Waals surface area contributed by atoms with Gasteiger partial charge in [0.05, 0.1) is 11.0 Å². The fourth-order valence-corrected chi connectivity index (χ4v) is 3.45. The van der Waals surface area contributed by atoms with E-state index in [1.54, 1.807) is 0 Å². The number of rotatable bonds is 14. The van der Waals surface area contributed by atoms with Gasteiger partial charge in [0.1, 0.15) is 6.73 Å². The fourth-order valence-electron chi connectivity index (χ4n) is 3.45. The predicted octanol–water partition coefficient (Wildman–Crippen LogP) is 4.60. The molecular formula is C22H38N4O. The largest absolute Gasteiger partial charge is 0.361 e. The molecule has 1 aromatic heterocycles. The lowest BCUT2D eigenvalue weighted by molar-refractivity contribution is 0.0728. The van der Waals surface area contributed by atoms with Gasteiger partial charge in [0.15, 0.2) is 0 Å². The van der Waals surface area contributed by atoms with Gasteiger partial charge >= 0.3 is 0 Å². The zero-order valence-corrected chi connectivity index (χ0v) is 17.5. The van der Waals surface area contributed by atoms with Crippen LogP contribution in [0.5, 0.6) is 0 Å². The number of ether oxygens (including phenoxy) is 1. The first-order valence-corrected chi connectivity index (χ1v) is 10.6. The quantitative estimate of drug-likeness (QED) is 0.491. The van der Waals surface area contributed by atoms with Gasteiger partial charge in [0.25, 0.3) is 0 Å². The Hall–Kier alpha value is -1.59. The SMILES string of the molecule is CCCCCCCCCCOCn1c(=N)n(CCN(C)C)c2ccccc21. The smallest absolute Gasteiger partial charge is 0.204 e. The summed E-state index contributed by atoms with van der Waals surface area (Å²) >= 11 is 0. The fraction of sp³-hybridized carbons (Fsp3) is 0.682. The van der Waals surface area contributed by atoms with Crippen LogP contribution in [0, 0.1) is 5.41 Å². The number of likely N-dealkylation sites (N-methyl/N-ethyl adjacent to an activating group) is 1. The molecule has 0 amide bonds. The van der Waals surface area contributed by atoms with Crippen molar-refractivity contribution in [2.24, 2.45) is 0 Å². The van der Waals surface area contributed by atoms with Gasteiger partial charge in [-0.15, -0.1) is 0 Å². The minimum absolute atomic E-state index is 0.463. The molecule has 0 bridgehead atoms. The Morgan fingerprint density at radius 2 is 1.48 bits per heavy atom. The van der Waals surface area contributed by atoms with Crippen molar-refractivity contribution < 1.29 is 4.74 Å². The number of hydrogen-bond donors (Lipinski definition) is 1. The molecule has 0 aliphatic rings. The molecule has 5 heteroatoms. The highest BCUT2D eigenvalue weighted by molar-refractivity contribution is 5.75. The summed E-state index contributed by atoms with van der Waals surface area (Å²) in [6.07, 6.45) is 10.5. The Bertz CT molecular complexity index is 717. The van der Waals surface area contributed by atoms with E-state index in [-0.39, 0.29) is 0 Å². The number of fused-ring (bicyclic) bond motifs is 1. The van der Waals surface area contributed by atoms with Crippen molar-refractivity contribution in [1.82, 2.24) is 14.0 Å². The lowest BCUT2D eigenvalue weighted by Crippen LogP contribution is -2.29. The van der Waals surface area contributed by atoms with Crippen molar-refractivity contribution >= 4 is 11.0 Å². The standard InChI is InChI=1S/C22H38N4O/c1-4-5-6-7-8-9-10-13-18-27-19-26-21-15-12-11-14-20(21)25(22(26)23)17-16-24(2)3/h11-12,14-15,23H,4-10,13,16-19H2,1-3H3. The molecule has 1 aromatic carbocycles. The summed E-state index contributed by atoms with van der Waals surface area (Å²) in [5, 5.41) is 8.57. The van der Waals surface area contributed by atoms with Crippen LogP contribution in [-0.2, 0) is 18.0 Å². The van der Waals surface area contributed by atoms with Crippen LogP contribution < -0.4 is 5.62 Å². The van der Waals surface area contributed by atoms with E-state index in [0.29, 0.717) is 12.3 Å². The average Bonchev–Trinajstić information content (AvgIpc) is 2.93. The molecule has 0 aliphatic carbocycles. The van der Waals surface area contributed by atoms with E-state index in [0.717, 1.165) is 37.2 Å². The molecule has 2 aromatic rings. The molecule has 0 radical (unpaired) electrons. The van der Waals surface area contributed by atoms with E-state index in [1.807, 2.05) is 16.7 Å². The highest BCUT2D eigenvalue weighted by Gasteiger charge is 2.10. The molecule has 27 heavy (non-hydrogen) atoms. The van der Waals surface area contributed by atoms with Crippen molar-refractivity contribution in [1.29, 1.82) is 5.41 Å². The number of benzene rings is 1. The molecular weight excluding hydrogens is 336 g/mol. The number of aromatic nitrogens is 2. The van der Waals surface area contributed by atoms with Crippen LogP contribution in [0.3, 0.4) is 0 Å². The first kappa shape index (κ1) is 21.7. The molecule has 0 saturated heterocycles. The number of unbranched alkanes of at least 4 members (excludes halogenated alkanes) is 7. The maximum Gasteiger partial charge on any atom is 0.204 e. The molecule has 1 heterocycles.